The van der Waals surface area contributed by atoms with Gasteiger partial charge in [0.15, 0.2) is 0 Å². The number of hydrogen-bond acceptors (Lipinski definition) is 5. The number of hydrogen-bond donors (Lipinski definition) is 3. The number of aliphatic hydroxyl groups is 1. The smallest absolute Gasteiger partial charge is 0.244 e. The first-order valence-corrected chi connectivity index (χ1v) is 13.5. The SMILES string of the molecule is CCCCNC(=O)C1N(CCCCO)C(=O)[C@@H]2[C@@H](C(=O)NCc3ccccc3)[C@H]3CC(C)C12S3. The fourth-order valence-electron chi connectivity index (χ4n) is 6.14. The molecule has 186 valence electrons. The number of thioether (sulfide) groups is 1. The lowest BCUT2D eigenvalue weighted by Crippen LogP contribution is -2.56. The van der Waals surface area contributed by atoms with Gasteiger partial charge in [-0.25, -0.2) is 0 Å². The van der Waals surface area contributed by atoms with Crippen LogP contribution in [0.3, 0.4) is 0 Å². The molecule has 3 saturated heterocycles. The number of benzene rings is 1. The number of amides is 3. The third kappa shape index (κ3) is 4.35. The molecule has 1 aromatic rings. The van der Waals surface area contributed by atoms with Gasteiger partial charge in [-0.05, 0) is 37.2 Å². The van der Waals surface area contributed by atoms with Gasteiger partial charge in [0.2, 0.25) is 17.7 Å². The Balaban J connectivity index is 1.59. The summed E-state index contributed by atoms with van der Waals surface area (Å²) in [5.41, 5.74) is 1.02. The number of carbonyl (C=O) groups excluding carboxylic acids is 3. The molecular formula is C26H37N3O4S. The van der Waals surface area contributed by atoms with E-state index in [1.807, 2.05) is 30.3 Å². The molecule has 3 amide bonds. The second-order valence-corrected chi connectivity index (χ2v) is 11.4. The van der Waals surface area contributed by atoms with Gasteiger partial charge in [-0.3, -0.25) is 14.4 Å². The van der Waals surface area contributed by atoms with Crippen molar-refractivity contribution in [1.29, 1.82) is 0 Å². The summed E-state index contributed by atoms with van der Waals surface area (Å²) in [6, 6.07) is 9.20. The van der Waals surface area contributed by atoms with Gasteiger partial charge in [-0.2, -0.15) is 0 Å². The highest BCUT2D eigenvalue weighted by atomic mass is 32.2. The molecule has 2 bridgehead atoms. The molecule has 3 aliphatic heterocycles. The number of nitrogens with zero attached hydrogens (tertiary/aromatic N) is 1. The van der Waals surface area contributed by atoms with Crippen molar-refractivity contribution in [3.8, 4) is 0 Å². The van der Waals surface area contributed by atoms with Crippen LogP contribution >= 0.6 is 11.8 Å². The van der Waals surface area contributed by atoms with Crippen LogP contribution in [0.2, 0.25) is 0 Å². The number of unbranched alkanes of at least 4 members (excludes halogenated alkanes) is 2. The number of carbonyl (C=O) groups is 3. The van der Waals surface area contributed by atoms with Crippen molar-refractivity contribution in [1.82, 2.24) is 15.5 Å². The van der Waals surface area contributed by atoms with Gasteiger partial charge in [0.1, 0.15) is 6.04 Å². The molecule has 8 heteroatoms. The summed E-state index contributed by atoms with van der Waals surface area (Å²) >= 11 is 1.70. The molecule has 3 aliphatic rings. The van der Waals surface area contributed by atoms with Crippen LogP contribution in [0.25, 0.3) is 0 Å². The first-order chi connectivity index (χ1) is 16.5. The zero-order chi connectivity index (χ0) is 24.3. The quantitative estimate of drug-likeness (QED) is 0.416. The van der Waals surface area contributed by atoms with Gasteiger partial charge in [-0.1, -0.05) is 50.6 Å². The zero-order valence-electron chi connectivity index (χ0n) is 20.2. The lowest BCUT2D eigenvalue weighted by atomic mass is 9.66. The van der Waals surface area contributed by atoms with Crippen LogP contribution in [0.5, 0.6) is 0 Å². The van der Waals surface area contributed by atoms with Crippen LogP contribution < -0.4 is 10.6 Å². The van der Waals surface area contributed by atoms with E-state index in [9.17, 15) is 19.5 Å². The number of likely N-dealkylation sites (tertiary alicyclic amines) is 1. The second kappa shape index (κ2) is 10.7. The van der Waals surface area contributed by atoms with E-state index in [1.54, 1.807) is 16.7 Å². The van der Waals surface area contributed by atoms with Crippen LogP contribution in [-0.4, -0.2) is 63.5 Å². The lowest BCUT2D eigenvalue weighted by molar-refractivity contribution is -0.140. The minimum absolute atomic E-state index is 0.0465. The number of nitrogens with one attached hydrogen (secondary N) is 2. The fourth-order valence-corrected chi connectivity index (χ4v) is 8.56. The highest BCUT2D eigenvalue weighted by Crippen LogP contribution is 2.68. The van der Waals surface area contributed by atoms with E-state index < -0.39 is 22.6 Å². The predicted molar refractivity (Wildman–Crippen MR) is 133 cm³/mol. The molecule has 7 nitrogen and oxygen atoms in total. The molecule has 3 heterocycles. The third-order valence-electron chi connectivity index (χ3n) is 7.74. The second-order valence-electron chi connectivity index (χ2n) is 9.86. The average Bonchev–Trinajstić information content (AvgIpc) is 3.42. The molecule has 34 heavy (non-hydrogen) atoms. The van der Waals surface area contributed by atoms with E-state index in [2.05, 4.69) is 24.5 Å². The maximum atomic E-state index is 13.8. The molecule has 3 fully saturated rings. The Labute approximate surface area is 206 Å². The number of rotatable bonds is 11. The standard InChI is InChI=1S/C26H37N3O4S/c1-3-4-12-27-24(32)22-26-17(2)15-19(34-26)20(21(26)25(33)29(22)13-8-9-14-30)23(31)28-16-18-10-6-5-7-11-18/h5-7,10-11,17,19-22,30H,3-4,8-9,12-16H2,1-2H3,(H,27,32)(H,28,31)/t17?,19-,20+,21+,22?,26?/m1/s1. The van der Waals surface area contributed by atoms with Crippen molar-refractivity contribution < 1.29 is 19.5 Å². The highest BCUT2D eigenvalue weighted by molar-refractivity contribution is 8.02. The van der Waals surface area contributed by atoms with Crippen molar-refractivity contribution in [2.45, 2.75) is 68.5 Å². The molecule has 3 unspecified atom stereocenters. The molecule has 6 atom stereocenters. The largest absolute Gasteiger partial charge is 0.396 e. The van der Waals surface area contributed by atoms with Gasteiger partial charge >= 0.3 is 0 Å². The highest BCUT2D eigenvalue weighted by Gasteiger charge is 2.75. The normalized spacial score (nSPS) is 31.6. The molecule has 0 aromatic heterocycles. The van der Waals surface area contributed by atoms with Crippen LogP contribution in [0.4, 0.5) is 0 Å². The number of fused-ring (bicyclic) bond motifs is 1. The topological polar surface area (TPSA) is 98.7 Å². The van der Waals surface area contributed by atoms with Gasteiger partial charge in [-0.15, -0.1) is 11.8 Å². The van der Waals surface area contributed by atoms with Crippen LogP contribution in [0.15, 0.2) is 30.3 Å². The van der Waals surface area contributed by atoms with E-state index in [4.69, 9.17) is 0 Å². The van der Waals surface area contributed by atoms with E-state index in [1.165, 1.54) is 0 Å². The van der Waals surface area contributed by atoms with Crippen LogP contribution in [-0.2, 0) is 20.9 Å². The molecule has 0 saturated carbocycles. The summed E-state index contributed by atoms with van der Waals surface area (Å²) in [6.45, 7) is 5.72. The third-order valence-corrected chi connectivity index (χ3v) is 9.82. The molecule has 1 aromatic carbocycles. The van der Waals surface area contributed by atoms with E-state index in [0.29, 0.717) is 32.5 Å². The maximum Gasteiger partial charge on any atom is 0.244 e. The minimum atomic E-state index is -0.577. The Morgan fingerprint density at radius 2 is 1.91 bits per heavy atom. The first-order valence-electron chi connectivity index (χ1n) is 12.6. The monoisotopic (exact) mass is 487 g/mol. The van der Waals surface area contributed by atoms with Crippen molar-refractivity contribution in [2.24, 2.45) is 17.8 Å². The Morgan fingerprint density at radius 3 is 2.62 bits per heavy atom. The molecule has 0 aliphatic carbocycles. The Hall–Kier alpha value is -2.06. The molecule has 3 N–H and O–H groups in total. The van der Waals surface area contributed by atoms with Gasteiger partial charge in [0, 0.05) is 31.5 Å². The van der Waals surface area contributed by atoms with Crippen LogP contribution in [0, 0.1) is 17.8 Å². The summed E-state index contributed by atoms with van der Waals surface area (Å²) in [4.78, 5) is 42.5. The summed E-state index contributed by atoms with van der Waals surface area (Å²) in [6.07, 6.45) is 3.92. The summed E-state index contributed by atoms with van der Waals surface area (Å²) in [7, 11) is 0. The predicted octanol–water partition coefficient (Wildman–Crippen LogP) is 2.33. The molecule has 0 radical (unpaired) electrons. The molecular weight excluding hydrogens is 450 g/mol. The fraction of sp³-hybridized carbons (Fsp3) is 0.654. The number of aliphatic hydroxyl groups excluding tert-OH is 1. The summed E-state index contributed by atoms with van der Waals surface area (Å²) in [5.74, 6) is -1.01. The summed E-state index contributed by atoms with van der Waals surface area (Å²) < 4.78 is -0.577. The van der Waals surface area contributed by atoms with Gasteiger partial charge < -0.3 is 20.6 Å². The zero-order valence-corrected chi connectivity index (χ0v) is 21.0. The minimum Gasteiger partial charge on any atom is -0.396 e. The Morgan fingerprint density at radius 1 is 1.15 bits per heavy atom. The maximum absolute atomic E-state index is 13.8. The molecule has 4 rings (SSSR count). The van der Waals surface area contributed by atoms with Crippen molar-refractivity contribution in [2.75, 3.05) is 19.7 Å². The summed E-state index contributed by atoms with van der Waals surface area (Å²) in [5, 5.41) is 15.4. The van der Waals surface area contributed by atoms with Crippen molar-refractivity contribution in [3.63, 3.8) is 0 Å². The van der Waals surface area contributed by atoms with E-state index in [-0.39, 0.29) is 35.5 Å². The molecule has 1 spiro atoms. The average molecular weight is 488 g/mol. The van der Waals surface area contributed by atoms with Crippen molar-refractivity contribution in [3.05, 3.63) is 35.9 Å². The first kappa shape index (κ1) is 25.0. The lowest BCUT2D eigenvalue weighted by Gasteiger charge is -2.38. The Bertz CT molecular complexity index is 897. The van der Waals surface area contributed by atoms with Crippen LogP contribution in [0.1, 0.15) is 51.5 Å². The van der Waals surface area contributed by atoms with E-state index in [0.717, 1.165) is 24.8 Å². The van der Waals surface area contributed by atoms with Crippen molar-refractivity contribution >= 4 is 29.5 Å². The van der Waals surface area contributed by atoms with Gasteiger partial charge in [0.25, 0.3) is 0 Å². The van der Waals surface area contributed by atoms with E-state index >= 15 is 0 Å². The van der Waals surface area contributed by atoms with Gasteiger partial charge in [0.05, 0.1) is 16.6 Å². The Kier molecular flexibility index (Phi) is 7.87.